The summed E-state index contributed by atoms with van der Waals surface area (Å²) in [6.45, 7) is 1.28. The molecule has 2 aromatic heterocycles. The Morgan fingerprint density at radius 2 is 2.30 bits per heavy atom. The Bertz CT molecular complexity index is 851. The molecular weight excluding hydrogens is 393 g/mol. The lowest BCUT2D eigenvalue weighted by atomic mass is 9.88. The van der Waals surface area contributed by atoms with E-state index in [2.05, 4.69) is 15.0 Å². The van der Waals surface area contributed by atoms with Gasteiger partial charge in [-0.05, 0) is 25.2 Å². The van der Waals surface area contributed by atoms with Gasteiger partial charge >= 0.3 is 6.72 Å². The predicted molar refractivity (Wildman–Crippen MR) is 102 cm³/mol. The monoisotopic (exact) mass is 417 g/mol. The Morgan fingerprint density at radius 3 is 3.00 bits per heavy atom. The first-order chi connectivity index (χ1) is 12.8. The van der Waals surface area contributed by atoms with Gasteiger partial charge in [0.1, 0.15) is 29.8 Å². The molecule has 3 rings (SSSR count). The third-order valence-corrected chi connectivity index (χ3v) is 6.49. The minimum absolute atomic E-state index is 0.253. The molecule has 0 amide bonds. The number of ether oxygens (including phenoxy) is 2. The van der Waals surface area contributed by atoms with Crippen molar-refractivity contribution in [3.63, 3.8) is 0 Å². The van der Waals surface area contributed by atoms with Gasteiger partial charge < -0.3 is 24.6 Å². The second-order valence-electron chi connectivity index (χ2n) is 6.29. The lowest BCUT2D eigenvalue weighted by molar-refractivity contribution is -0.211. The SMILES string of the molecule is CC[C@]1(OC(C)n2cnc3c(N)ncnc32)CCOCC1OP(O)(=S)OC. The molecule has 1 saturated heterocycles. The number of imidazole rings is 1. The molecule has 12 heteroatoms. The van der Waals surface area contributed by atoms with Crippen LogP contribution in [0.25, 0.3) is 11.2 Å². The van der Waals surface area contributed by atoms with E-state index in [-0.39, 0.29) is 6.61 Å². The number of fused-ring (bicyclic) bond motifs is 1. The summed E-state index contributed by atoms with van der Waals surface area (Å²) >= 11 is 5.01. The first kappa shape index (κ1) is 20.5. The maximum atomic E-state index is 10.1. The van der Waals surface area contributed by atoms with Crippen molar-refractivity contribution in [3.8, 4) is 0 Å². The van der Waals surface area contributed by atoms with Gasteiger partial charge in [-0.1, -0.05) is 6.92 Å². The van der Waals surface area contributed by atoms with Gasteiger partial charge in [0.15, 0.2) is 11.5 Å². The van der Waals surface area contributed by atoms with E-state index in [0.29, 0.717) is 36.4 Å². The summed E-state index contributed by atoms with van der Waals surface area (Å²) in [5.41, 5.74) is 6.24. The van der Waals surface area contributed by atoms with Crippen molar-refractivity contribution in [1.29, 1.82) is 0 Å². The van der Waals surface area contributed by atoms with Crippen molar-refractivity contribution in [1.82, 2.24) is 19.5 Å². The Labute approximate surface area is 162 Å². The molecule has 2 aromatic rings. The maximum Gasteiger partial charge on any atom is 0.324 e. The van der Waals surface area contributed by atoms with E-state index in [1.165, 1.54) is 13.4 Å². The maximum absolute atomic E-state index is 10.1. The van der Waals surface area contributed by atoms with E-state index >= 15 is 0 Å². The highest BCUT2D eigenvalue weighted by atomic mass is 32.5. The first-order valence-electron chi connectivity index (χ1n) is 8.57. The van der Waals surface area contributed by atoms with Crippen molar-refractivity contribution in [2.75, 3.05) is 26.1 Å². The number of nitrogens with zero attached hydrogens (tertiary/aromatic N) is 4. The van der Waals surface area contributed by atoms with Crippen LogP contribution in [0.4, 0.5) is 5.82 Å². The second-order valence-corrected chi connectivity index (χ2v) is 9.19. The van der Waals surface area contributed by atoms with Gasteiger partial charge in [-0.3, -0.25) is 9.09 Å². The molecule has 0 aromatic carbocycles. The highest BCUT2D eigenvalue weighted by Crippen LogP contribution is 2.48. The van der Waals surface area contributed by atoms with Crippen LogP contribution in [0, 0.1) is 0 Å². The number of anilines is 1. The van der Waals surface area contributed by atoms with Crippen LogP contribution in [0.2, 0.25) is 0 Å². The van der Waals surface area contributed by atoms with Crippen molar-refractivity contribution < 1.29 is 23.4 Å². The average molecular weight is 417 g/mol. The Balaban J connectivity index is 1.88. The smallest absolute Gasteiger partial charge is 0.324 e. The number of aromatic nitrogens is 4. The molecule has 0 radical (unpaired) electrons. The van der Waals surface area contributed by atoms with Crippen molar-refractivity contribution >= 4 is 35.5 Å². The Kier molecular flexibility index (Phi) is 6.11. The van der Waals surface area contributed by atoms with Crippen LogP contribution in [0.1, 0.15) is 32.9 Å². The molecule has 3 heterocycles. The first-order valence-corrected chi connectivity index (χ1v) is 11.2. The third-order valence-electron chi connectivity index (χ3n) is 4.80. The summed E-state index contributed by atoms with van der Waals surface area (Å²) in [7, 11) is 1.32. The summed E-state index contributed by atoms with van der Waals surface area (Å²) in [5, 5.41) is 0. The van der Waals surface area contributed by atoms with E-state index in [1.54, 1.807) is 10.9 Å². The topological polar surface area (TPSA) is 127 Å². The molecule has 27 heavy (non-hydrogen) atoms. The predicted octanol–water partition coefficient (Wildman–Crippen LogP) is 1.76. The van der Waals surface area contributed by atoms with Crippen molar-refractivity contribution in [2.24, 2.45) is 0 Å². The summed E-state index contributed by atoms with van der Waals surface area (Å²) < 4.78 is 24.4. The lowest BCUT2D eigenvalue weighted by Crippen LogP contribution is -2.52. The van der Waals surface area contributed by atoms with Crippen molar-refractivity contribution in [2.45, 2.75) is 44.6 Å². The number of hydrogen-bond donors (Lipinski definition) is 2. The second kappa shape index (κ2) is 8.04. The summed E-state index contributed by atoms with van der Waals surface area (Å²) in [6.07, 6.45) is 3.23. The standard InChI is InChI=1S/C15H24N5O5PS/c1-4-15(5-6-23-7-11(15)25-26(21,27)22-3)24-10(2)20-9-19-12-13(16)17-8-18-14(12)20/h8-11H,4-7H2,1-3H3,(H,21,27)(H2,16,17,18)/t10?,11?,15-,26?/m0/s1. The highest BCUT2D eigenvalue weighted by Gasteiger charge is 2.46. The molecule has 0 aliphatic carbocycles. The highest BCUT2D eigenvalue weighted by molar-refractivity contribution is 8.07. The summed E-state index contributed by atoms with van der Waals surface area (Å²) in [5.74, 6) is 0.310. The van der Waals surface area contributed by atoms with Crippen LogP contribution in [0.15, 0.2) is 12.7 Å². The van der Waals surface area contributed by atoms with E-state index in [0.717, 1.165) is 0 Å². The van der Waals surface area contributed by atoms with Crippen LogP contribution in [-0.4, -0.2) is 56.4 Å². The van der Waals surface area contributed by atoms with Gasteiger partial charge in [0.05, 0.1) is 12.9 Å². The quantitative estimate of drug-likeness (QED) is 0.643. The van der Waals surface area contributed by atoms with Crippen LogP contribution in [0.3, 0.4) is 0 Å². The van der Waals surface area contributed by atoms with E-state index in [9.17, 15) is 4.89 Å². The molecule has 3 unspecified atom stereocenters. The molecule has 10 nitrogen and oxygen atoms in total. The van der Waals surface area contributed by atoms with Gasteiger partial charge in [0, 0.05) is 20.1 Å². The fraction of sp³-hybridized carbons (Fsp3) is 0.667. The number of rotatable bonds is 7. The minimum Gasteiger partial charge on any atom is -0.382 e. The average Bonchev–Trinajstić information content (AvgIpc) is 3.09. The van der Waals surface area contributed by atoms with Crippen LogP contribution in [-0.2, 0) is 30.3 Å². The number of nitrogen functional groups attached to an aromatic ring is 1. The number of nitrogens with two attached hydrogens (primary N) is 1. The van der Waals surface area contributed by atoms with Gasteiger partial charge in [-0.25, -0.2) is 15.0 Å². The summed E-state index contributed by atoms with van der Waals surface area (Å²) in [6, 6.07) is 0. The van der Waals surface area contributed by atoms with Gasteiger partial charge in [-0.15, -0.1) is 0 Å². The normalized spacial score (nSPS) is 26.7. The van der Waals surface area contributed by atoms with Gasteiger partial charge in [0.2, 0.25) is 0 Å². The summed E-state index contributed by atoms with van der Waals surface area (Å²) in [4.78, 5) is 22.6. The molecular formula is C15H24N5O5PS. The number of hydrogen-bond acceptors (Lipinski definition) is 9. The fourth-order valence-corrected chi connectivity index (χ4v) is 4.21. The van der Waals surface area contributed by atoms with Gasteiger partial charge in [-0.2, -0.15) is 0 Å². The molecule has 1 aliphatic rings. The lowest BCUT2D eigenvalue weighted by Gasteiger charge is -2.44. The molecule has 1 fully saturated rings. The molecule has 0 saturated carbocycles. The molecule has 3 N–H and O–H groups in total. The van der Waals surface area contributed by atoms with E-state index in [4.69, 9.17) is 36.1 Å². The Hall–Kier alpha value is -1.20. The zero-order valence-electron chi connectivity index (χ0n) is 15.4. The molecule has 4 atom stereocenters. The van der Waals surface area contributed by atoms with Crippen LogP contribution >= 0.6 is 6.72 Å². The van der Waals surface area contributed by atoms with Gasteiger partial charge in [0.25, 0.3) is 0 Å². The fourth-order valence-electron chi connectivity index (χ4n) is 3.23. The molecule has 150 valence electrons. The minimum atomic E-state index is -3.37. The zero-order chi connectivity index (χ0) is 19.7. The third kappa shape index (κ3) is 4.14. The van der Waals surface area contributed by atoms with Crippen LogP contribution in [0.5, 0.6) is 0 Å². The van der Waals surface area contributed by atoms with E-state index < -0.39 is 24.7 Å². The molecule has 0 spiro atoms. The van der Waals surface area contributed by atoms with E-state index in [1.807, 2.05) is 13.8 Å². The molecule has 0 bridgehead atoms. The molecule has 1 aliphatic heterocycles. The van der Waals surface area contributed by atoms with Crippen molar-refractivity contribution in [3.05, 3.63) is 12.7 Å². The zero-order valence-corrected chi connectivity index (χ0v) is 17.2. The van der Waals surface area contributed by atoms with Crippen LogP contribution < -0.4 is 5.73 Å². The Morgan fingerprint density at radius 1 is 1.52 bits per heavy atom. The largest absolute Gasteiger partial charge is 0.382 e.